The van der Waals surface area contributed by atoms with Crippen LogP contribution in [0.1, 0.15) is 0 Å². The van der Waals surface area contributed by atoms with Gasteiger partial charge < -0.3 is 4.74 Å². The van der Waals surface area contributed by atoms with Gasteiger partial charge in [-0.1, -0.05) is 6.07 Å². The summed E-state index contributed by atoms with van der Waals surface area (Å²) in [6.45, 7) is 0. The molecule has 1 aromatic rings. The quantitative estimate of drug-likeness (QED) is 0.385. The number of fused-ring (bicyclic) bond motifs is 1. The Kier molecular flexibility index (Phi) is 1.29. The van der Waals surface area contributed by atoms with Crippen LogP contribution in [0.25, 0.3) is 0 Å². The molecule has 1 nitrogen and oxygen atoms in total. The molecule has 0 N–H and O–H groups in total. The number of hydrogen-bond acceptors (Lipinski definition) is 1. The summed E-state index contributed by atoms with van der Waals surface area (Å²) in [6, 6.07) is 4.74. The minimum atomic E-state index is -0.262. The highest BCUT2D eigenvalue weighted by Gasteiger charge is 2.23. The van der Waals surface area contributed by atoms with Crippen LogP contribution in [0.3, 0.4) is 0 Å². The molecule has 0 bridgehead atoms. The first-order valence-electron chi connectivity index (χ1n) is 2.34. The molecule has 0 saturated carbocycles. The lowest BCUT2D eigenvalue weighted by molar-refractivity contribution is 0.572. The SMILES string of the molecule is Fc1cccc2c1O2.[SiH4]. The van der Waals surface area contributed by atoms with Crippen LogP contribution in [-0.4, -0.2) is 11.0 Å². The summed E-state index contributed by atoms with van der Waals surface area (Å²) in [4.78, 5) is 0. The van der Waals surface area contributed by atoms with Gasteiger partial charge >= 0.3 is 0 Å². The van der Waals surface area contributed by atoms with E-state index in [-0.39, 0.29) is 16.8 Å². The van der Waals surface area contributed by atoms with E-state index in [9.17, 15) is 4.39 Å². The monoisotopic (exact) mass is 142 g/mol. The Bertz CT molecular complexity index is 236. The average molecular weight is 142 g/mol. The van der Waals surface area contributed by atoms with Crippen LogP contribution in [0.15, 0.2) is 18.2 Å². The number of hydrogen-bond donors (Lipinski definition) is 0. The molecule has 0 aromatic heterocycles. The van der Waals surface area contributed by atoms with Gasteiger partial charge in [-0.05, 0) is 23.1 Å². The summed E-state index contributed by atoms with van der Waals surface area (Å²) < 4.78 is 16.9. The first kappa shape index (κ1) is 6.29. The summed E-state index contributed by atoms with van der Waals surface area (Å²) >= 11 is 0. The van der Waals surface area contributed by atoms with E-state index in [4.69, 9.17) is 4.74 Å². The lowest BCUT2D eigenvalue weighted by atomic mass is 10.4. The van der Waals surface area contributed by atoms with Crippen LogP contribution in [0, 0.1) is 5.82 Å². The van der Waals surface area contributed by atoms with Crippen molar-refractivity contribution in [3.05, 3.63) is 24.0 Å². The Balaban J connectivity index is 0.000000405. The molecule has 1 heterocycles. The van der Waals surface area contributed by atoms with Gasteiger partial charge in [0, 0.05) is 0 Å². The van der Waals surface area contributed by atoms with Gasteiger partial charge in [-0.2, -0.15) is 0 Å². The first-order chi connectivity index (χ1) is 3.88. The number of benzene rings is 1. The molecule has 1 aromatic carbocycles. The lowest BCUT2D eigenvalue weighted by Gasteiger charge is -1.72. The Labute approximate surface area is 56.5 Å². The van der Waals surface area contributed by atoms with Crippen molar-refractivity contribution < 1.29 is 9.13 Å². The Morgan fingerprint density at radius 1 is 1.33 bits per heavy atom. The fourth-order valence-electron chi connectivity index (χ4n) is 0.656. The molecule has 9 heavy (non-hydrogen) atoms. The predicted octanol–water partition coefficient (Wildman–Crippen LogP) is 0.480. The van der Waals surface area contributed by atoms with Crippen LogP contribution >= 0.6 is 0 Å². The van der Waals surface area contributed by atoms with E-state index in [0.29, 0.717) is 11.5 Å². The minimum Gasteiger partial charge on any atom is -0.446 e. The molecule has 0 amide bonds. The lowest BCUT2D eigenvalue weighted by Crippen LogP contribution is -1.58. The van der Waals surface area contributed by atoms with E-state index in [1.807, 2.05) is 0 Å². The highest BCUT2D eigenvalue weighted by Crippen LogP contribution is 2.46. The van der Waals surface area contributed by atoms with Crippen LogP contribution in [0.2, 0.25) is 0 Å². The maximum atomic E-state index is 12.2. The summed E-state index contributed by atoms with van der Waals surface area (Å²) in [5.74, 6) is 0.819. The third kappa shape index (κ3) is 0.832. The highest BCUT2D eigenvalue weighted by atomic mass is 28.1. The number of para-hydroxylation sites is 1. The summed E-state index contributed by atoms with van der Waals surface area (Å²) in [5.41, 5.74) is 0. The molecule has 0 aliphatic carbocycles. The molecule has 0 unspecified atom stereocenters. The average Bonchev–Trinajstić information content (AvgIpc) is 2.45. The fourth-order valence-corrected chi connectivity index (χ4v) is 0.656. The Morgan fingerprint density at radius 2 is 2.11 bits per heavy atom. The maximum absolute atomic E-state index is 12.2. The van der Waals surface area contributed by atoms with Crippen LogP contribution in [-0.2, 0) is 0 Å². The molecule has 2 rings (SSSR count). The van der Waals surface area contributed by atoms with E-state index in [1.54, 1.807) is 12.1 Å². The van der Waals surface area contributed by atoms with Gasteiger partial charge in [0.15, 0.2) is 11.6 Å². The normalized spacial score (nSPS) is 10.8. The maximum Gasteiger partial charge on any atom is 0.205 e. The van der Waals surface area contributed by atoms with Crippen molar-refractivity contribution in [3.8, 4) is 11.5 Å². The van der Waals surface area contributed by atoms with E-state index in [2.05, 4.69) is 0 Å². The molecule has 48 valence electrons. The van der Waals surface area contributed by atoms with Gasteiger partial charge in [-0.15, -0.1) is 0 Å². The number of ether oxygens (including phenoxy) is 1. The van der Waals surface area contributed by atoms with Gasteiger partial charge in [-0.25, -0.2) is 4.39 Å². The molecule has 0 spiro atoms. The highest BCUT2D eigenvalue weighted by molar-refractivity contribution is 5.75. The van der Waals surface area contributed by atoms with Crippen molar-refractivity contribution >= 4 is 11.0 Å². The Hall–Kier alpha value is -0.833. The second-order valence-electron chi connectivity index (χ2n) is 1.67. The van der Waals surface area contributed by atoms with Gasteiger partial charge in [-0.3, -0.25) is 0 Å². The van der Waals surface area contributed by atoms with Crippen molar-refractivity contribution in [1.29, 1.82) is 0 Å². The fraction of sp³-hybridized carbons (Fsp3) is 0. The molecule has 0 fully saturated rings. The molecule has 1 aliphatic heterocycles. The molecular weight excluding hydrogens is 135 g/mol. The third-order valence-electron chi connectivity index (χ3n) is 1.10. The number of halogens is 1. The second kappa shape index (κ2) is 1.84. The van der Waals surface area contributed by atoms with Crippen molar-refractivity contribution in [2.45, 2.75) is 0 Å². The molecule has 0 atom stereocenters. The number of rotatable bonds is 0. The minimum absolute atomic E-state index is 0. The first-order valence-corrected chi connectivity index (χ1v) is 2.34. The van der Waals surface area contributed by atoms with E-state index in [1.165, 1.54) is 6.07 Å². The standard InChI is InChI=1S/C6H3FO.H4Si/c7-4-2-1-3-5-6(4)8-5;/h1-3H;1H4. The largest absolute Gasteiger partial charge is 0.446 e. The second-order valence-corrected chi connectivity index (χ2v) is 1.67. The smallest absolute Gasteiger partial charge is 0.205 e. The van der Waals surface area contributed by atoms with Gasteiger partial charge in [0.05, 0.1) is 0 Å². The van der Waals surface area contributed by atoms with Crippen molar-refractivity contribution in [2.75, 3.05) is 0 Å². The zero-order valence-corrected chi connectivity index (χ0v) is 4.02. The van der Waals surface area contributed by atoms with E-state index < -0.39 is 0 Å². The summed E-state index contributed by atoms with van der Waals surface area (Å²) in [5, 5.41) is 0. The Morgan fingerprint density at radius 3 is 2.67 bits per heavy atom. The van der Waals surface area contributed by atoms with Crippen LogP contribution in [0.4, 0.5) is 4.39 Å². The van der Waals surface area contributed by atoms with Crippen LogP contribution in [0.5, 0.6) is 11.5 Å². The van der Waals surface area contributed by atoms with Crippen molar-refractivity contribution in [1.82, 2.24) is 0 Å². The molecule has 0 saturated heterocycles. The summed E-state index contributed by atoms with van der Waals surface area (Å²) in [7, 11) is 0. The topological polar surface area (TPSA) is 12.5 Å². The van der Waals surface area contributed by atoms with E-state index >= 15 is 0 Å². The van der Waals surface area contributed by atoms with Crippen molar-refractivity contribution in [2.24, 2.45) is 0 Å². The molecule has 3 heteroatoms. The zero-order valence-electron chi connectivity index (χ0n) is 4.02. The zero-order chi connectivity index (χ0) is 5.56. The molecular formula is C6H7FOSi. The summed E-state index contributed by atoms with van der Waals surface area (Å²) in [6.07, 6.45) is 0. The predicted molar refractivity (Wildman–Crippen MR) is 37.8 cm³/mol. The molecule has 1 aliphatic rings. The molecule has 0 radical (unpaired) electrons. The third-order valence-corrected chi connectivity index (χ3v) is 1.10. The van der Waals surface area contributed by atoms with E-state index in [0.717, 1.165) is 0 Å². The van der Waals surface area contributed by atoms with Crippen LogP contribution < -0.4 is 4.74 Å². The van der Waals surface area contributed by atoms with Gasteiger partial charge in [0.2, 0.25) is 5.75 Å². The van der Waals surface area contributed by atoms with Gasteiger partial charge in [0.1, 0.15) is 0 Å². The van der Waals surface area contributed by atoms with Crippen molar-refractivity contribution in [3.63, 3.8) is 0 Å². The van der Waals surface area contributed by atoms with Gasteiger partial charge in [0.25, 0.3) is 0 Å².